The number of carbonyl (C=O) groups excluding carboxylic acids is 1. The Labute approximate surface area is 138 Å². The van der Waals surface area contributed by atoms with Crippen LogP contribution in [0, 0.1) is 29.1 Å². The van der Waals surface area contributed by atoms with Crippen LogP contribution in [0.5, 0.6) is 5.75 Å². The highest BCUT2D eigenvalue weighted by molar-refractivity contribution is 5.92. The molecule has 0 aliphatic carbocycles. The molecule has 25 heavy (non-hydrogen) atoms. The summed E-state index contributed by atoms with van der Waals surface area (Å²) >= 11 is 0. The van der Waals surface area contributed by atoms with Crippen molar-refractivity contribution in [2.24, 2.45) is 0 Å². The van der Waals surface area contributed by atoms with Crippen molar-refractivity contribution in [1.29, 1.82) is 0 Å². The van der Waals surface area contributed by atoms with E-state index in [0.717, 1.165) is 12.1 Å². The normalized spacial score (nSPS) is 13.6. The number of benzene rings is 2. The van der Waals surface area contributed by atoms with Gasteiger partial charge in [-0.2, -0.15) is 8.78 Å². The molecule has 0 unspecified atom stereocenters. The second kappa shape index (κ2) is 6.19. The van der Waals surface area contributed by atoms with Crippen molar-refractivity contribution >= 4 is 11.7 Å². The van der Waals surface area contributed by atoms with Crippen molar-refractivity contribution in [3.05, 3.63) is 71.2 Å². The largest absolute Gasteiger partial charge is 0.416 e. The van der Waals surface area contributed by atoms with Crippen molar-refractivity contribution in [3.8, 4) is 5.75 Å². The summed E-state index contributed by atoms with van der Waals surface area (Å²) in [5, 5.41) is 0. The van der Waals surface area contributed by atoms with Gasteiger partial charge in [0.05, 0.1) is 5.56 Å². The molecule has 2 aromatic carbocycles. The van der Waals surface area contributed by atoms with Gasteiger partial charge in [-0.05, 0) is 18.2 Å². The molecular formula is C17H10F5NO2. The zero-order chi connectivity index (χ0) is 18.3. The lowest BCUT2D eigenvalue weighted by Gasteiger charge is -2.35. The molecule has 0 radical (unpaired) electrons. The molecule has 0 amide bonds. The maximum Gasteiger partial charge on any atom is 0.343 e. The van der Waals surface area contributed by atoms with Gasteiger partial charge in [-0.3, -0.25) is 0 Å². The van der Waals surface area contributed by atoms with Crippen LogP contribution in [0.2, 0.25) is 0 Å². The number of hydrogen-bond donors (Lipinski definition) is 0. The van der Waals surface area contributed by atoms with Crippen molar-refractivity contribution in [1.82, 2.24) is 0 Å². The summed E-state index contributed by atoms with van der Waals surface area (Å²) in [6.07, 6.45) is 0.791. The molecule has 2 aromatic rings. The molecule has 3 rings (SSSR count). The van der Waals surface area contributed by atoms with Gasteiger partial charge in [0.1, 0.15) is 0 Å². The van der Waals surface area contributed by atoms with Crippen molar-refractivity contribution < 1.29 is 31.5 Å². The van der Waals surface area contributed by atoms with Gasteiger partial charge >= 0.3 is 5.97 Å². The molecule has 0 atom stereocenters. The van der Waals surface area contributed by atoms with E-state index in [2.05, 4.69) is 11.3 Å². The van der Waals surface area contributed by atoms with E-state index < -0.39 is 40.8 Å². The summed E-state index contributed by atoms with van der Waals surface area (Å²) in [6.45, 7) is 4.49. The Bertz CT molecular complexity index is 868. The van der Waals surface area contributed by atoms with E-state index in [-0.39, 0.29) is 5.56 Å². The van der Waals surface area contributed by atoms with Gasteiger partial charge in [0.15, 0.2) is 0 Å². The van der Waals surface area contributed by atoms with E-state index in [1.807, 2.05) is 0 Å². The molecule has 1 aliphatic rings. The average molecular weight is 355 g/mol. The van der Waals surface area contributed by atoms with E-state index in [4.69, 9.17) is 0 Å². The van der Waals surface area contributed by atoms with Gasteiger partial charge in [-0.25, -0.2) is 18.0 Å². The molecule has 0 aromatic heterocycles. The van der Waals surface area contributed by atoms with Crippen LogP contribution in [0.25, 0.3) is 0 Å². The minimum Gasteiger partial charge on any atom is -0.416 e. The predicted octanol–water partition coefficient (Wildman–Crippen LogP) is 4.33. The van der Waals surface area contributed by atoms with Crippen LogP contribution in [0.15, 0.2) is 36.5 Å². The maximum atomic E-state index is 13.6. The fourth-order valence-electron chi connectivity index (χ4n) is 2.32. The SMILES string of the molecule is C=C1CCN1c1cccc(C(=O)Oc2c(F)c(F)c(F)c(F)c2F)c1. The third-order valence-electron chi connectivity index (χ3n) is 3.76. The van der Waals surface area contributed by atoms with E-state index >= 15 is 0 Å². The van der Waals surface area contributed by atoms with E-state index in [1.54, 1.807) is 11.0 Å². The summed E-state index contributed by atoms with van der Waals surface area (Å²) in [5.74, 6) is -14.0. The van der Waals surface area contributed by atoms with Crippen molar-refractivity contribution in [2.45, 2.75) is 6.42 Å². The number of hydrogen-bond acceptors (Lipinski definition) is 3. The minimum atomic E-state index is -2.33. The minimum absolute atomic E-state index is 0.110. The lowest BCUT2D eigenvalue weighted by atomic mass is 10.1. The molecule has 0 saturated carbocycles. The second-order valence-corrected chi connectivity index (χ2v) is 5.31. The highest BCUT2D eigenvalue weighted by Gasteiger charge is 2.29. The number of halogens is 5. The van der Waals surface area contributed by atoms with E-state index in [9.17, 15) is 26.7 Å². The Balaban J connectivity index is 1.91. The molecule has 0 bridgehead atoms. The fourth-order valence-corrected chi connectivity index (χ4v) is 2.32. The zero-order valence-corrected chi connectivity index (χ0v) is 12.6. The van der Waals surface area contributed by atoms with E-state index in [1.165, 1.54) is 18.2 Å². The summed E-state index contributed by atoms with van der Waals surface area (Å²) in [5.41, 5.74) is 1.31. The number of carbonyl (C=O) groups is 1. The predicted molar refractivity (Wildman–Crippen MR) is 78.7 cm³/mol. The van der Waals surface area contributed by atoms with Crippen LogP contribution < -0.4 is 9.64 Å². The van der Waals surface area contributed by atoms with Crippen LogP contribution >= 0.6 is 0 Å². The molecule has 0 N–H and O–H groups in total. The molecule has 3 nitrogen and oxygen atoms in total. The molecule has 8 heteroatoms. The number of rotatable bonds is 3. The van der Waals surface area contributed by atoms with Gasteiger partial charge in [-0.15, -0.1) is 0 Å². The van der Waals surface area contributed by atoms with Gasteiger partial charge < -0.3 is 9.64 Å². The number of anilines is 1. The second-order valence-electron chi connectivity index (χ2n) is 5.31. The monoisotopic (exact) mass is 355 g/mol. The smallest absolute Gasteiger partial charge is 0.343 e. The van der Waals surface area contributed by atoms with Gasteiger partial charge in [0.2, 0.25) is 34.8 Å². The molecular weight excluding hydrogens is 345 g/mol. The van der Waals surface area contributed by atoms with Gasteiger partial charge in [-0.1, -0.05) is 12.6 Å². The third-order valence-corrected chi connectivity index (χ3v) is 3.76. The quantitative estimate of drug-likeness (QED) is 0.270. The average Bonchev–Trinajstić information content (AvgIpc) is 2.60. The van der Waals surface area contributed by atoms with Crippen molar-refractivity contribution in [3.63, 3.8) is 0 Å². The standard InChI is InChI=1S/C17H10F5NO2/c1-8-5-6-23(8)10-4-2-3-9(7-10)17(24)25-16-14(21)12(19)11(18)13(20)15(16)22/h2-4,7H,1,5-6H2. The first-order valence-electron chi connectivity index (χ1n) is 7.10. The van der Waals surface area contributed by atoms with Crippen molar-refractivity contribution in [2.75, 3.05) is 11.4 Å². The highest BCUT2D eigenvalue weighted by atomic mass is 19.2. The Morgan fingerprint density at radius 3 is 2.12 bits per heavy atom. The lowest BCUT2D eigenvalue weighted by Crippen LogP contribution is -2.34. The molecule has 0 spiro atoms. The van der Waals surface area contributed by atoms with Crippen LogP contribution in [0.1, 0.15) is 16.8 Å². The first-order valence-corrected chi connectivity index (χ1v) is 7.10. The highest BCUT2D eigenvalue weighted by Crippen LogP contribution is 2.31. The Morgan fingerprint density at radius 2 is 1.60 bits per heavy atom. The molecule has 1 saturated heterocycles. The molecule has 1 heterocycles. The summed E-state index contributed by atoms with van der Waals surface area (Å²) in [6, 6.07) is 5.84. The van der Waals surface area contributed by atoms with E-state index in [0.29, 0.717) is 12.2 Å². The van der Waals surface area contributed by atoms with Crippen LogP contribution in [0.3, 0.4) is 0 Å². The lowest BCUT2D eigenvalue weighted by molar-refractivity contribution is 0.0716. The Hall–Kier alpha value is -2.90. The maximum absolute atomic E-state index is 13.6. The van der Waals surface area contributed by atoms with Crippen LogP contribution in [0.4, 0.5) is 27.6 Å². The van der Waals surface area contributed by atoms with Gasteiger partial charge in [0.25, 0.3) is 0 Å². The molecule has 130 valence electrons. The Kier molecular flexibility index (Phi) is 4.20. The molecule has 1 aliphatic heterocycles. The third kappa shape index (κ3) is 2.84. The number of nitrogens with zero attached hydrogens (tertiary/aromatic N) is 1. The Morgan fingerprint density at radius 1 is 1.00 bits per heavy atom. The number of ether oxygens (including phenoxy) is 1. The first-order chi connectivity index (χ1) is 11.8. The summed E-state index contributed by atoms with van der Waals surface area (Å²) in [7, 11) is 0. The van der Waals surface area contributed by atoms with Crippen LogP contribution in [-0.2, 0) is 0 Å². The summed E-state index contributed by atoms with van der Waals surface area (Å²) in [4.78, 5) is 13.9. The van der Waals surface area contributed by atoms with Gasteiger partial charge in [0, 0.05) is 24.4 Å². The van der Waals surface area contributed by atoms with Crippen LogP contribution in [-0.4, -0.2) is 12.5 Å². The summed E-state index contributed by atoms with van der Waals surface area (Å²) < 4.78 is 70.9. The molecule has 1 fully saturated rings. The fraction of sp³-hybridized carbons (Fsp3) is 0.118. The number of esters is 1. The topological polar surface area (TPSA) is 29.5 Å². The first kappa shape index (κ1) is 16.9. The zero-order valence-electron chi connectivity index (χ0n) is 12.6.